The lowest BCUT2D eigenvalue weighted by Crippen LogP contribution is -2.39. The van der Waals surface area contributed by atoms with Crippen molar-refractivity contribution in [3.8, 4) is 0 Å². The minimum absolute atomic E-state index is 0.0273. The zero-order chi connectivity index (χ0) is 16.9. The fourth-order valence-corrected chi connectivity index (χ4v) is 4.67. The smallest absolute Gasteiger partial charge is 0.225 e. The summed E-state index contributed by atoms with van der Waals surface area (Å²) in [5.74, 6) is 0.386. The van der Waals surface area contributed by atoms with E-state index in [2.05, 4.69) is 5.32 Å². The van der Waals surface area contributed by atoms with Crippen molar-refractivity contribution in [2.75, 3.05) is 13.1 Å². The number of hydrogen-bond acceptors (Lipinski definition) is 3. The highest BCUT2D eigenvalue weighted by molar-refractivity contribution is 5.89. The summed E-state index contributed by atoms with van der Waals surface area (Å²) in [7, 11) is 0. The second-order valence-electron chi connectivity index (χ2n) is 8.02. The van der Waals surface area contributed by atoms with Crippen LogP contribution in [0.1, 0.15) is 70.6 Å². The molecule has 0 aromatic carbocycles. The second kappa shape index (κ2) is 8.32. The largest absolute Gasteiger partial charge is 0.393 e. The van der Waals surface area contributed by atoms with Gasteiger partial charge in [0.05, 0.1) is 12.0 Å². The van der Waals surface area contributed by atoms with Gasteiger partial charge in [-0.15, -0.1) is 0 Å². The molecule has 1 aliphatic heterocycles. The number of nitrogens with one attached hydrogen (secondary N) is 1. The maximum atomic E-state index is 12.5. The van der Waals surface area contributed by atoms with Gasteiger partial charge in [-0.25, -0.2) is 0 Å². The van der Waals surface area contributed by atoms with Crippen molar-refractivity contribution in [3.63, 3.8) is 0 Å². The number of carbonyl (C=O) groups excluding carboxylic acids is 2. The first-order valence-corrected chi connectivity index (χ1v) is 9.88. The Balaban J connectivity index is 1.46. The lowest BCUT2D eigenvalue weighted by Gasteiger charge is -2.27. The van der Waals surface area contributed by atoms with E-state index in [1.165, 1.54) is 25.7 Å². The minimum atomic E-state index is -0.209. The number of aliphatic hydroxyl groups is 1. The molecule has 3 rings (SSSR count). The van der Waals surface area contributed by atoms with Crippen LogP contribution >= 0.6 is 0 Å². The summed E-state index contributed by atoms with van der Waals surface area (Å²) in [4.78, 5) is 26.8. The van der Waals surface area contributed by atoms with Crippen molar-refractivity contribution in [2.45, 2.75) is 82.8 Å². The van der Waals surface area contributed by atoms with Gasteiger partial charge in [0.2, 0.25) is 11.8 Å². The van der Waals surface area contributed by atoms with Gasteiger partial charge in [-0.2, -0.15) is 0 Å². The van der Waals surface area contributed by atoms with Crippen LogP contribution in [0.15, 0.2) is 0 Å². The maximum absolute atomic E-state index is 12.5. The highest BCUT2D eigenvalue weighted by atomic mass is 16.3. The normalized spacial score (nSPS) is 32.6. The Bertz CT molecular complexity index is 446. The van der Waals surface area contributed by atoms with E-state index < -0.39 is 0 Å². The third kappa shape index (κ3) is 4.50. The Labute approximate surface area is 145 Å². The van der Waals surface area contributed by atoms with Gasteiger partial charge >= 0.3 is 0 Å². The molecule has 3 unspecified atom stereocenters. The van der Waals surface area contributed by atoms with E-state index in [1.807, 2.05) is 4.90 Å². The molecule has 1 saturated heterocycles. The number of hydrogen-bond donors (Lipinski definition) is 2. The average Bonchev–Trinajstić information content (AvgIpc) is 2.79. The second-order valence-corrected chi connectivity index (χ2v) is 8.02. The third-order valence-corrected chi connectivity index (χ3v) is 6.11. The van der Waals surface area contributed by atoms with Gasteiger partial charge in [0.25, 0.3) is 0 Å². The van der Waals surface area contributed by atoms with E-state index in [1.54, 1.807) is 0 Å². The fraction of sp³-hybridized carbons (Fsp3) is 0.895. The van der Waals surface area contributed by atoms with Crippen molar-refractivity contribution in [3.05, 3.63) is 0 Å². The van der Waals surface area contributed by atoms with E-state index in [0.717, 1.165) is 38.5 Å². The maximum Gasteiger partial charge on any atom is 0.225 e. The number of nitrogens with zero attached hydrogens (tertiary/aromatic N) is 1. The Hall–Kier alpha value is -1.10. The van der Waals surface area contributed by atoms with Gasteiger partial charge in [-0.1, -0.05) is 32.1 Å². The van der Waals surface area contributed by atoms with Gasteiger partial charge < -0.3 is 15.3 Å². The first-order valence-electron chi connectivity index (χ1n) is 9.88. The Morgan fingerprint density at radius 3 is 2.54 bits per heavy atom. The van der Waals surface area contributed by atoms with Gasteiger partial charge in [0, 0.05) is 25.6 Å². The number of carbonyl (C=O) groups is 2. The molecule has 0 aromatic heterocycles. The molecule has 2 N–H and O–H groups in total. The van der Waals surface area contributed by atoms with Gasteiger partial charge in [0.1, 0.15) is 0 Å². The Morgan fingerprint density at radius 2 is 1.83 bits per heavy atom. The first kappa shape index (κ1) is 17.7. The van der Waals surface area contributed by atoms with Crippen LogP contribution in [0.2, 0.25) is 0 Å². The van der Waals surface area contributed by atoms with Crippen LogP contribution in [0.3, 0.4) is 0 Å². The molecule has 5 heteroatoms. The zero-order valence-corrected chi connectivity index (χ0v) is 14.7. The average molecular weight is 336 g/mol. The molecule has 3 atom stereocenters. The van der Waals surface area contributed by atoms with Crippen molar-refractivity contribution >= 4 is 11.8 Å². The van der Waals surface area contributed by atoms with E-state index in [-0.39, 0.29) is 23.8 Å². The molecule has 3 fully saturated rings. The third-order valence-electron chi connectivity index (χ3n) is 6.11. The number of aliphatic hydroxyl groups excluding tert-OH is 1. The highest BCUT2D eigenvalue weighted by Crippen LogP contribution is 2.28. The molecule has 3 aliphatic rings. The van der Waals surface area contributed by atoms with Crippen LogP contribution in [0, 0.1) is 11.8 Å². The zero-order valence-electron chi connectivity index (χ0n) is 14.7. The Kier molecular flexibility index (Phi) is 6.14. The molecule has 2 aliphatic carbocycles. The molecule has 5 nitrogen and oxygen atoms in total. The minimum Gasteiger partial charge on any atom is -0.393 e. The molecule has 0 bridgehead atoms. The lowest BCUT2D eigenvalue weighted by molar-refractivity contribution is -0.130. The molecule has 1 heterocycles. The van der Waals surface area contributed by atoms with E-state index in [0.29, 0.717) is 31.5 Å². The molecule has 136 valence electrons. The van der Waals surface area contributed by atoms with Gasteiger partial charge in [-0.05, 0) is 38.0 Å². The Morgan fingerprint density at radius 1 is 1.08 bits per heavy atom. The fourth-order valence-electron chi connectivity index (χ4n) is 4.67. The van der Waals surface area contributed by atoms with Crippen LogP contribution in [0.25, 0.3) is 0 Å². The highest BCUT2D eigenvalue weighted by Gasteiger charge is 2.38. The van der Waals surface area contributed by atoms with Gasteiger partial charge in [0.15, 0.2) is 0 Å². The van der Waals surface area contributed by atoms with Crippen LogP contribution in [0.5, 0.6) is 0 Å². The predicted molar refractivity (Wildman–Crippen MR) is 92.3 cm³/mol. The molecule has 2 amide bonds. The lowest BCUT2D eigenvalue weighted by atomic mass is 9.87. The van der Waals surface area contributed by atoms with Crippen molar-refractivity contribution in [1.82, 2.24) is 10.2 Å². The van der Waals surface area contributed by atoms with E-state index >= 15 is 0 Å². The van der Waals surface area contributed by atoms with Crippen LogP contribution in [-0.2, 0) is 9.59 Å². The molecular weight excluding hydrogens is 304 g/mol. The topological polar surface area (TPSA) is 69.6 Å². The first-order chi connectivity index (χ1) is 11.6. The standard InChI is InChI=1S/C19H32N2O3/c22-17-9-5-6-14(10-17)12-20-19(24)15-11-18(23)21(13-15)16-7-3-1-2-4-8-16/h14-17,22H,1-13H2,(H,20,24). The van der Waals surface area contributed by atoms with Crippen LogP contribution < -0.4 is 5.32 Å². The van der Waals surface area contributed by atoms with Crippen molar-refractivity contribution in [2.24, 2.45) is 11.8 Å². The van der Waals surface area contributed by atoms with E-state index in [4.69, 9.17) is 0 Å². The predicted octanol–water partition coefficient (Wildman–Crippen LogP) is 2.22. The molecule has 24 heavy (non-hydrogen) atoms. The molecule has 0 radical (unpaired) electrons. The van der Waals surface area contributed by atoms with Crippen LogP contribution in [0.4, 0.5) is 0 Å². The molecule has 2 saturated carbocycles. The van der Waals surface area contributed by atoms with E-state index in [9.17, 15) is 14.7 Å². The summed E-state index contributed by atoms with van der Waals surface area (Å²) in [5, 5.41) is 12.8. The summed E-state index contributed by atoms with van der Waals surface area (Å²) in [5.41, 5.74) is 0. The summed E-state index contributed by atoms with van der Waals surface area (Å²) in [6, 6.07) is 0.353. The van der Waals surface area contributed by atoms with Crippen LogP contribution in [-0.4, -0.2) is 47.1 Å². The van der Waals surface area contributed by atoms with Crippen molar-refractivity contribution in [1.29, 1.82) is 0 Å². The number of amides is 2. The molecule has 0 spiro atoms. The van der Waals surface area contributed by atoms with Gasteiger partial charge in [-0.3, -0.25) is 9.59 Å². The number of rotatable bonds is 4. The summed E-state index contributed by atoms with van der Waals surface area (Å²) in [6.07, 6.45) is 11.1. The molecule has 0 aromatic rings. The van der Waals surface area contributed by atoms with Crippen molar-refractivity contribution < 1.29 is 14.7 Å². The number of likely N-dealkylation sites (tertiary alicyclic amines) is 1. The summed E-state index contributed by atoms with van der Waals surface area (Å²) >= 11 is 0. The quantitative estimate of drug-likeness (QED) is 0.774. The molecular formula is C19H32N2O3. The SMILES string of the molecule is O=C(NCC1CCCC(O)C1)C1CC(=O)N(C2CCCCCC2)C1. The summed E-state index contributed by atoms with van der Waals surface area (Å²) in [6.45, 7) is 1.24. The monoisotopic (exact) mass is 336 g/mol. The summed E-state index contributed by atoms with van der Waals surface area (Å²) < 4.78 is 0.